The van der Waals surface area contributed by atoms with Gasteiger partial charge in [-0.05, 0) is 67.6 Å². The molecule has 0 bridgehead atoms. The Morgan fingerprint density at radius 3 is 2.47 bits per heavy atom. The predicted molar refractivity (Wildman–Crippen MR) is 161 cm³/mol. The number of hydrogen-bond acceptors (Lipinski definition) is 8. The highest BCUT2D eigenvalue weighted by Crippen LogP contribution is 2.63. The van der Waals surface area contributed by atoms with Gasteiger partial charge in [0.2, 0.25) is 0 Å². The Hall–Kier alpha value is -3.20. The third-order valence-corrected chi connectivity index (χ3v) is 10.7. The second-order valence-electron chi connectivity index (χ2n) is 13.2. The second-order valence-corrected chi connectivity index (χ2v) is 13.2. The first-order valence-electron chi connectivity index (χ1n) is 15.5. The number of fused-ring (bicyclic) bond motifs is 1. The van der Waals surface area contributed by atoms with Crippen LogP contribution < -0.4 is 4.90 Å². The molecule has 234 valence electrons. The largest absolute Gasteiger partial charge is 0.465 e. The van der Waals surface area contributed by atoms with Crippen LogP contribution in [0.1, 0.15) is 59.8 Å². The molecular formula is C34H45FN2O6. The summed E-state index contributed by atoms with van der Waals surface area (Å²) >= 11 is 0. The SMILES string of the molecule is C=C1CCC2C(C)(COC(C)=O)C(OC(C)=O)CCC2(C)C1CC(C1=CCOC1=O)N1CCN(c2ccccc2F)CC1. The number of carbonyl (C=O) groups excluding carboxylic acids is 3. The van der Waals surface area contributed by atoms with Crippen molar-refractivity contribution in [3.63, 3.8) is 0 Å². The van der Waals surface area contributed by atoms with Crippen molar-refractivity contribution in [3.8, 4) is 0 Å². The van der Waals surface area contributed by atoms with Crippen LogP contribution in [0.4, 0.5) is 10.1 Å². The van der Waals surface area contributed by atoms with Crippen LogP contribution in [0.5, 0.6) is 0 Å². The van der Waals surface area contributed by atoms with E-state index < -0.39 is 5.41 Å². The van der Waals surface area contributed by atoms with Crippen molar-refractivity contribution in [2.45, 2.75) is 71.9 Å². The van der Waals surface area contributed by atoms with Gasteiger partial charge >= 0.3 is 17.9 Å². The number of esters is 3. The first kappa shape index (κ1) is 31.2. The Labute approximate surface area is 254 Å². The van der Waals surface area contributed by atoms with Crippen LogP contribution in [0.15, 0.2) is 48.1 Å². The number of rotatable bonds is 8. The molecule has 0 radical (unpaired) electrons. The maximum atomic E-state index is 14.5. The first-order chi connectivity index (χ1) is 20.4. The lowest BCUT2D eigenvalue weighted by Gasteiger charge is -2.61. The summed E-state index contributed by atoms with van der Waals surface area (Å²) in [6.45, 7) is 14.9. The molecule has 1 aromatic carbocycles. The van der Waals surface area contributed by atoms with Gasteiger partial charge < -0.3 is 19.1 Å². The van der Waals surface area contributed by atoms with Crippen LogP contribution in [-0.2, 0) is 28.6 Å². The average Bonchev–Trinajstić information content (AvgIpc) is 3.39. The van der Waals surface area contributed by atoms with Gasteiger partial charge in [-0.15, -0.1) is 0 Å². The monoisotopic (exact) mass is 596 g/mol. The molecule has 0 amide bonds. The van der Waals surface area contributed by atoms with Gasteiger partial charge in [-0.2, -0.15) is 0 Å². The van der Waals surface area contributed by atoms with Crippen molar-refractivity contribution in [1.82, 2.24) is 4.90 Å². The molecule has 0 aromatic heterocycles. The fourth-order valence-corrected chi connectivity index (χ4v) is 8.58. The summed E-state index contributed by atoms with van der Waals surface area (Å²) in [4.78, 5) is 41.4. The summed E-state index contributed by atoms with van der Waals surface area (Å²) in [6.07, 6.45) is 5.40. The molecule has 9 heteroatoms. The molecule has 2 saturated carbocycles. The molecule has 0 spiro atoms. The molecule has 1 saturated heterocycles. The highest BCUT2D eigenvalue weighted by Gasteiger charge is 2.60. The zero-order chi connectivity index (χ0) is 30.9. The Balaban J connectivity index is 1.42. The molecule has 6 unspecified atom stereocenters. The minimum Gasteiger partial charge on any atom is -0.465 e. The number of hydrogen-bond donors (Lipinski definition) is 0. The van der Waals surface area contributed by atoms with Gasteiger partial charge in [0.1, 0.15) is 25.1 Å². The summed E-state index contributed by atoms with van der Waals surface area (Å²) in [5.41, 5.74) is 1.69. The van der Waals surface area contributed by atoms with Gasteiger partial charge in [-0.25, -0.2) is 9.18 Å². The van der Waals surface area contributed by atoms with Gasteiger partial charge in [-0.1, -0.05) is 38.1 Å². The van der Waals surface area contributed by atoms with Crippen LogP contribution in [0.3, 0.4) is 0 Å². The normalized spacial score (nSPS) is 32.0. The zero-order valence-electron chi connectivity index (χ0n) is 25.9. The Bertz CT molecular complexity index is 1290. The van der Waals surface area contributed by atoms with Crippen molar-refractivity contribution in [3.05, 3.63) is 53.9 Å². The molecule has 4 aliphatic rings. The summed E-state index contributed by atoms with van der Waals surface area (Å²) < 4.78 is 31.4. The van der Waals surface area contributed by atoms with E-state index in [2.05, 4.69) is 30.2 Å². The van der Waals surface area contributed by atoms with Crippen molar-refractivity contribution in [1.29, 1.82) is 0 Å². The number of cyclic esters (lactones) is 1. The maximum Gasteiger partial charge on any atom is 0.335 e. The first-order valence-corrected chi connectivity index (χ1v) is 15.5. The molecule has 8 nitrogen and oxygen atoms in total. The van der Waals surface area contributed by atoms with Crippen LogP contribution in [-0.4, -0.2) is 74.3 Å². The van der Waals surface area contributed by atoms with E-state index in [1.165, 1.54) is 25.5 Å². The molecule has 43 heavy (non-hydrogen) atoms. The minimum absolute atomic E-state index is 0.0880. The van der Waals surface area contributed by atoms with Crippen molar-refractivity contribution in [2.75, 3.05) is 44.3 Å². The van der Waals surface area contributed by atoms with Crippen molar-refractivity contribution in [2.24, 2.45) is 22.7 Å². The Morgan fingerprint density at radius 1 is 1.12 bits per heavy atom. The third-order valence-electron chi connectivity index (χ3n) is 10.7. The van der Waals surface area contributed by atoms with Gasteiger partial charge in [0, 0.05) is 51.5 Å². The predicted octanol–water partition coefficient (Wildman–Crippen LogP) is 5.07. The lowest BCUT2D eigenvalue weighted by atomic mass is 9.45. The van der Waals surface area contributed by atoms with Gasteiger partial charge in [-0.3, -0.25) is 14.5 Å². The third kappa shape index (κ3) is 6.10. The fraction of sp³-hybridized carbons (Fsp3) is 0.618. The van der Waals surface area contributed by atoms with E-state index >= 15 is 0 Å². The molecule has 5 rings (SSSR count). The lowest BCUT2D eigenvalue weighted by molar-refractivity contribution is -0.192. The Kier molecular flexibility index (Phi) is 9.02. The van der Waals surface area contributed by atoms with Crippen molar-refractivity contribution >= 4 is 23.6 Å². The van der Waals surface area contributed by atoms with Crippen LogP contribution >= 0.6 is 0 Å². The van der Waals surface area contributed by atoms with E-state index in [9.17, 15) is 18.8 Å². The molecule has 2 aliphatic carbocycles. The maximum absolute atomic E-state index is 14.5. The summed E-state index contributed by atoms with van der Waals surface area (Å²) in [7, 11) is 0. The Morgan fingerprint density at radius 2 is 1.84 bits per heavy atom. The van der Waals surface area contributed by atoms with Gasteiger partial charge in [0.05, 0.1) is 11.3 Å². The molecule has 2 heterocycles. The molecular weight excluding hydrogens is 551 g/mol. The molecule has 2 aliphatic heterocycles. The van der Waals surface area contributed by atoms with E-state index in [1.54, 1.807) is 6.07 Å². The van der Waals surface area contributed by atoms with Gasteiger partial charge in [0.25, 0.3) is 0 Å². The molecule has 3 fully saturated rings. The van der Waals surface area contributed by atoms with Crippen LogP contribution in [0.2, 0.25) is 0 Å². The quantitative estimate of drug-likeness (QED) is 0.234. The number of allylic oxidation sites excluding steroid dienone is 1. The number of anilines is 1. The van der Waals surface area contributed by atoms with E-state index in [0.717, 1.165) is 19.3 Å². The second kappa shape index (κ2) is 12.4. The number of para-hydroxylation sites is 1. The topological polar surface area (TPSA) is 85.4 Å². The van der Waals surface area contributed by atoms with E-state index in [1.807, 2.05) is 18.2 Å². The van der Waals surface area contributed by atoms with Crippen LogP contribution in [0.25, 0.3) is 0 Å². The summed E-state index contributed by atoms with van der Waals surface area (Å²) in [5, 5.41) is 0. The smallest absolute Gasteiger partial charge is 0.335 e. The minimum atomic E-state index is -0.560. The number of carbonyl (C=O) groups is 3. The molecule has 0 N–H and O–H groups in total. The lowest BCUT2D eigenvalue weighted by Crippen LogP contribution is -2.59. The summed E-state index contributed by atoms with van der Waals surface area (Å²) in [5.74, 6) is -0.994. The fourth-order valence-electron chi connectivity index (χ4n) is 8.58. The summed E-state index contributed by atoms with van der Waals surface area (Å²) in [6, 6.07) is 6.68. The number of ether oxygens (including phenoxy) is 3. The van der Waals surface area contributed by atoms with Gasteiger partial charge in [0.15, 0.2) is 0 Å². The van der Waals surface area contributed by atoms with Crippen LogP contribution in [0, 0.1) is 28.5 Å². The van der Waals surface area contributed by atoms with E-state index in [-0.39, 0.29) is 66.3 Å². The number of nitrogens with zero attached hydrogens (tertiary/aromatic N) is 2. The molecule has 1 aromatic rings. The number of benzene rings is 1. The van der Waals surface area contributed by atoms with Crippen molar-refractivity contribution < 1.29 is 33.0 Å². The zero-order valence-corrected chi connectivity index (χ0v) is 25.9. The van der Waals surface area contributed by atoms with E-state index in [0.29, 0.717) is 50.3 Å². The standard InChI is InChI=1S/C34H45FN2O6/c1-22-10-11-30-33(4,14-12-31(43-24(3)39)34(30,5)21-42-23(2)38)26(22)20-29(25-13-19-41-32(25)40)37-17-15-36(16-18-37)28-9-7-6-8-27(28)35/h6-9,13,26,29-31H,1,10-12,14-21H2,2-5H3. The average molecular weight is 597 g/mol. The number of halogens is 1. The highest BCUT2D eigenvalue weighted by molar-refractivity contribution is 5.91. The highest BCUT2D eigenvalue weighted by atomic mass is 19.1. The van der Waals surface area contributed by atoms with E-state index in [4.69, 9.17) is 14.2 Å². The number of piperazine rings is 1. The molecule has 6 atom stereocenters.